The van der Waals surface area contributed by atoms with E-state index in [0.717, 1.165) is 5.56 Å². The first-order chi connectivity index (χ1) is 13.5. The molecule has 142 valence electrons. The lowest BCUT2D eigenvalue weighted by molar-refractivity contribution is 0.0600. The van der Waals surface area contributed by atoms with Gasteiger partial charge in [-0.1, -0.05) is 18.2 Å². The highest BCUT2D eigenvalue weighted by Crippen LogP contribution is 2.14. The first kappa shape index (κ1) is 19.0. The van der Waals surface area contributed by atoms with Gasteiger partial charge in [-0.05, 0) is 48.0 Å². The fourth-order valence-electron chi connectivity index (χ4n) is 2.47. The number of esters is 1. The van der Waals surface area contributed by atoms with E-state index >= 15 is 0 Å². The highest BCUT2D eigenvalue weighted by atomic mass is 19.1. The third kappa shape index (κ3) is 4.91. The van der Waals surface area contributed by atoms with Crippen molar-refractivity contribution in [3.63, 3.8) is 0 Å². The van der Waals surface area contributed by atoms with E-state index in [2.05, 4.69) is 20.4 Å². The Morgan fingerprint density at radius 3 is 2.50 bits per heavy atom. The minimum Gasteiger partial charge on any atom is -0.465 e. The Labute approximate surface area is 161 Å². The van der Waals surface area contributed by atoms with Crippen molar-refractivity contribution in [2.24, 2.45) is 0 Å². The zero-order valence-corrected chi connectivity index (χ0v) is 15.1. The molecule has 6 nitrogen and oxygen atoms in total. The number of carbonyl (C=O) groups is 2. The van der Waals surface area contributed by atoms with Crippen LogP contribution in [0.1, 0.15) is 26.3 Å². The first-order valence-corrected chi connectivity index (χ1v) is 8.49. The molecule has 0 aliphatic rings. The number of ether oxygens (including phenoxy) is 1. The van der Waals surface area contributed by atoms with Gasteiger partial charge in [-0.25, -0.2) is 14.2 Å². The number of nitrogens with zero attached hydrogens (tertiary/aromatic N) is 1. The van der Waals surface area contributed by atoms with E-state index in [1.165, 1.54) is 31.5 Å². The molecule has 3 rings (SSSR count). The molecule has 0 radical (unpaired) electrons. The summed E-state index contributed by atoms with van der Waals surface area (Å²) < 4.78 is 17.6. The Hall–Kier alpha value is -3.74. The standard InChI is InChI=1S/C21H18FN3O3/c1-28-21(27)15-3-2-4-18(11-15)25-20(26)16-7-10-19(24-13-16)23-12-14-5-8-17(22)9-6-14/h2-11,13H,12H2,1H3,(H,23,24)(H,25,26). The molecule has 0 saturated carbocycles. The summed E-state index contributed by atoms with van der Waals surface area (Å²) in [7, 11) is 1.30. The van der Waals surface area contributed by atoms with Gasteiger partial charge >= 0.3 is 5.97 Å². The maximum atomic E-state index is 12.9. The number of benzene rings is 2. The van der Waals surface area contributed by atoms with Gasteiger partial charge in [0.2, 0.25) is 0 Å². The third-order valence-electron chi connectivity index (χ3n) is 3.95. The molecule has 2 N–H and O–H groups in total. The van der Waals surface area contributed by atoms with E-state index in [-0.39, 0.29) is 11.7 Å². The Morgan fingerprint density at radius 2 is 1.82 bits per heavy atom. The zero-order valence-electron chi connectivity index (χ0n) is 15.1. The Morgan fingerprint density at radius 1 is 1.04 bits per heavy atom. The molecule has 7 heteroatoms. The quantitative estimate of drug-likeness (QED) is 0.636. The molecule has 1 aromatic heterocycles. The van der Waals surface area contributed by atoms with Gasteiger partial charge in [0.15, 0.2) is 0 Å². The lowest BCUT2D eigenvalue weighted by atomic mass is 10.2. The Balaban J connectivity index is 1.60. The summed E-state index contributed by atoms with van der Waals surface area (Å²) in [5.74, 6) is -0.517. The maximum absolute atomic E-state index is 12.9. The van der Waals surface area contributed by atoms with Crippen molar-refractivity contribution in [1.82, 2.24) is 4.98 Å². The molecule has 0 bridgehead atoms. The van der Waals surface area contributed by atoms with E-state index in [1.54, 1.807) is 42.5 Å². The molecule has 0 atom stereocenters. The van der Waals surface area contributed by atoms with E-state index in [4.69, 9.17) is 0 Å². The van der Waals surface area contributed by atoms with Crippen LogP contribution < -0.4 is 10.6 Å². The average Bonchev–Trinajstić information content (AvgIpc) is 2.73. The highest BCUT2D eigenvalue weighted by Gasteiger charge is 2.10. The van der Waals surface area contributed by atoms with Crippen LogP contribution in [0.2, 0.25) is 0 Å². The number of carbonyl (C=O) groups excluding carboxylic acids is 2. The molecular weight excluding hydrogens is 361 g/mol. The highest BCUT2D eigenvalue weighted by molar-refractivity contribution is 6.04. The number of rotatable bonds is 6. The number of anilines is 2. The minimum atomic E-state index is -0.477. The second kappa shape index (κ2) is 8.77. The Kier molecular flexibility index (Phi) is 5.96. The van der Waals surface area contributed by atoms with E-state index in [0.29, 0.717) is 29.2 Å². The summed E-state index contributed by atoms with van der Waals surface area (Å²) in [6.45, 7) is 0.485. The molecule has 0 fully saturated rings. The Bertz CT molecular complexity index is 973. The molecule has 1 amide bonds. The molecule has 2 aromatic carbocycles. The topological polar surface area (TPSA) is 80.3 Å². The summed E-state index contributed by atoms with van der Waals surface area (Å²) in [5.41, 5.74) is 2.11. The predicted molar refractivity (Wildman–Crippen MR) is 104 cm³/mol. The van der Waals surface area contributed by atoms with Crippen molar-refractivity contribution in [2.45, 2.75) is 6.54 Å². The summed E-state index contributed by atoms with van der Waals surface area (Å²) >= 11 is 0. The molecule has 1 heterocycles. The van der Waals surface area contributed by atoms with E-state index in [9.17, 15) is 14.0 Å². The van der Waals surface area contributed by atoms with Gasteiger partial charge in [-0.15, -0.1) is 0 Å². The molecule has 0 spiro atoms. The summed E-state index contributed by atoms with van der Waals surface area (Å²) in [5, 5.41) is 5.82. The number of amides is 1. The van der Waals surface area contributed by atoms with Gasteiger partial charge < -0.3 is 15.4 Å². The van der Waals surface area contributed by atoms with Crippen molar-refractivity contribution >= 4 is 23.4 Å². The third-order valence-corrected chi connectivity index (χ3v) is 3.95. The number of pyridine rings is 1. The number of aromatic nitrogens is 1. The summed E-state index contributed by atoms with van der Waals surface area (Å²) in [4.78, 5) is 28.1. The zero-order chi connectivity index (χ0) is 19.9. The van der Waals surface area contributed by atoms with Crippen LogP contribution >= 0.6 is 0 Å². The summed E-state index contributed by atoms with van der Waals surface area (Å²) in [6.07, 6.45) is 1.45. The van der Waals surface area contributed by atoms with Crippen LogP contribution in [0.4, 0.5) is 15.9 Å². The van der Waals surface area contributed by atoms with Gasteiger partial charge in [-0.2, -0.15) is 0 Å². The summed E-state index contributed by atoms with van der Waals surface area (Å²) in [6, 6.07) is 16.0. The van der Waals surface area contributed by atoms with Crippen LogP contribution in [0, 0.1) is 5.82 Å². The molecule has 0 saturated heterocycles. The van der Waals surface area contributed by atoms with Crippen molar-refractivity contribution in [3.8, 4) is 0 Å². The first-order valence-electron chi connectivity index (χ1n) is 8.49. The predicted octanol–water partition coefficient (Wildman–Crippen LogP) is 3.87. The van der Waals surface area contributed by atoms with Gasteiger partial charge in [0, 0.05) is 18.4 Å². The molecule has 3 aromatic rings. The van der Waals surface area contributed by atoms with Crippen molar-refractivity contribution in [2.75, 3.05) is 17.7 Å². The van der Waals surface area contributed by atoms with Gasteiger partial charge in [0.1, 0.15) is 11.6 Å². The smallest absolute Gasteiger partial charge is 0.337 e. The number of methoxy groups -OCH3 is 1. The average molecular weight is 379 g/mol. The molecule has 0 unspecified atom stereocenters. The lowest BCUT2D eigenvalue weighted by Crippen LogP contribution is -2.13. The number of hydrogen-bond donors (Lipinski definition) is 2. The van der Waals surface area contributed by atoms with E-state index < -0.39 is 5.97 Å². The van der Waals surface area contributed by atoms with Gasteiger partial charge in [0.05, 0.1) is 18.2 Å². The monoisotopic (exact) mass is 379 g/mol. The largest absolute Gasteiger partial charge is 0.465 e. The molecule has 0 aliphatic heterocycles. The molecular formula is C21H18FN3O3. The molecule has 28 heavy (non-hydrogen) atoms. The maximum Gasteiger partial charge on any atom is 0.337 e. The van der Waals surface area contributed by atoms with Crippen LogP contribution in [0.3, 0.4) is 0 Å². The van der Waals surface area contributed by atoms with Crippen molar-refractivity contribution in [3.05, 3.63) is 89.4 Å². The second-order valence-electron chi connectivity index (χ2n) is 5.94. The lowest BCUT2D eigenvalue weighted by Gasteiger charge is -2.08. The van der Waals surface area contributed by atoms with Crippen LogP contribution in [0.5, 0.6) is 0 Å². The fourth-order valence-corrected chi connectivity index (χ4v) is 2.47. The van der Waals surface area contributed by atoms with Crippen molar-refractivity contribution in [1.29, 1.82) is 0 Å². The van der Waals surface area contributed by atoms with Crippen LogP contribution in [0.25, 0.3) is 0 Å². The van der Waals surface area contributed by atoms with Gasteiger partial charge in [0.25, 0.3) is 5.91 Å². The molecule has 0 aliphatic carbocycles. The van der Waals surface area contributed by atoms with Crippen LogP contribution in [-0.2, 0) is 11.3 Å². The number of halogens is 1. The normalized spacial score (nSPS) is 10.2. The number of hydrogen-bond acceptors (Lipinski definition) is 5. The van der Waals surface area contributed by atoms with Crippen LogP contribution in [-0.4, -0.2) is 24.0 Å². The van der Waals surface area contributed by atoms with E-state index in [1.807, 2.05) is 0 Å². The van der Waals surface area contributed by atoms with Crippen LogP contribution in [0.15, 0.2) is 66.9 Å². The minimum absolute atomic E-state index is 0.283. The SMILES string of the molecule is COC(=O)c1cccc(NC(=O)c2ccc(NCc3ccc(F)cc3)nc2)c1. The fraction of sp³-hybridized carbons (Fsp3) is 0.0952. The van der Waals surface area contributed by atoms with Crippen molar-refractivity contribution < 1.29 is 18.7 Å². The van der Waals surface area contributed by atoms with Gasteiger partial charge in [-0.3, -0.25) is 4.79 Å². The number of nitrogens with one attached hydrogen (secondary N) is 2. The second-order valence-corrected chi connectivity index (χ2v) is 5.94.